The molecule has 1 heterocycles. The van der Waals surface area contributed by atoms with Crippen molar-refractivity contribution in [2.45, 2.75) is 32.7 Å². The maximum atomic E-state index is 13.2. The molecule has 0 aliphatic carbocycles. The quantitative estimate of drug-likeness (QED) is 0.845. The summed E-state index contributed by atoms with van der Waals surface area (Å²) in [6, 6.07) is 3.76. The zero-order valence-corrected chi connectivity index (χ0v) is 11.7. The lowest BCUT2D eigenvalue weighted by atomic mass is 9.95. The third-order valence-electron chi connectivity index (χ3n) is 2.70. The fraction of sp³-hybridized carbons (Fsp3) is 0.385. The molecule has 3 nitrogen and oxygen atoms in total. The van der Waals surface area contributed by atoms with Crippen LogP contribution in [0.5, 0.6) is 0 Å². The van der Waals surface area contributed by atoms with E-state index in [1.165, 1.54) is 6.07 Å². The molecular weight excluding hydrogens is 272 g/mol. The van der Waals surface area contributed by atoms with Gasteiger partial charge in [-0.2, -0.15) is 0 Å². The highest BCUT2D eigenvalue weighted by Crippen LogP contribution is 2.24. The average Bonchev–Trinajstić information content (AvgIpc) is 2.65. The molecule has 2 aromatic rings. The normalized spacial score (nSPS) is 11.9. The average molecular weight is 286 g/mol. The summed E-state index contributed by atoms with van der Waals surface area (Å²) in [6.45, 7) is 6.24. The lowest BCUT2D eigenvalue weighted by Crippen LogP contribution is -2.19. The largest absolute Gasteiger partial charge is 0.297 e. The van der Waals surface area contributed by atoms with Gasteiger partial charge in [0.2, 0.25) is 5.28 Å². The van der Waals surface area contributed by atoms with Crippen LogP contribution in [0.1, 0.15) is 32.2 Å². The van der Waals surface area contributed by atoms with Crippen molar-refractivity contribution >= 4 is 11.6 Å². The summed E-state index contributed by atoms with van der Waals surface area (Å²) in [4.78, 5) is 0. The summed E-state index contributed by atoms with van der Waals surface area (Å²) in [6.07, 6.45) is 0. The Hall–Kier alpha value is -1.49. The monoisotopic (exact) mass is 285 g/mol. The van der Waals surface area contributed by atoms with Gasteiger partial charge in [0.05, 0.1) is 6.54 Å². The minimum atomic E-state index is -0.876. The number of hydrogen-bond donors (Lipinski definition) is 0. The van der Waals surface area contributed by atoms with E-state index in [0.29, 0.717) is 17.9 Å². The van der Waals surface area contributed by atoms with E-state index >= 15 is 0 Å². The smallest absolute Gasteiger partial charge is 0.225 e. The van der Waals surface area contributed by atoms with Gasteiger partial charge in [-0.15, -0.1) is 10.2 Å². The van der Waals surface area contributed by atoms with Crippen LogP contribution in [0.15, 0.2) is 18.2 Å². The zero-order chi connectivity index (χ0) is 14.2. The van der Waals surface area contributed by atoms with Crippen molar-refractivity contribution < 1.29 is 8.78 Å². The topological polar surface area (TPSA) is 30.7 Å². The van der Waals surface area contributed by atoms with Gasteiger partial charge in [-0.1, -0.05) is 26.8 Å². The molecule has 6 heteroatoms. The standard InChI is InChI=1S/C13H14ClF2N3/c1-13(2,3)11-17-18-12(14)19(11)7-8-4-5-9(15)10(16)6-8/h4-6H,7H2,1-3H3. The molecule has 0 N–H and O–H groups in total. The first kappa shape index (κ1) is 13.9. The number of rotatable bonds is 2. The van der Waals surface area contributed by atoms with Crippen molar-refractivity contribution in [2.75, 3.05) is 0 Å². The first-order valence-corrected chi connectivity index (χ1v) is 6.20. The van der Waals surface area contributed by atoms with Crippen molar-refractivity contribution in [2.24, 2.45) is 0 Å². The van der Waals surface area contributed by atoms with E-state index in [4.69, 9.17) is 11.6 Å². The summed E-state index contributed by atoms with van der Waals surface area (Å²) in [5.74, 6) is -1.05. The molecular formula is C13H14ClF2N3. The molecule has 102 valence electrons. The number of benzene rings is 1. The minimum absolute atomic E-state index is 0.231. The molecule has 0 radical (unpaired) electrons. The highest BCUT2D eigenvalue weighted by Gasteiger charge is 2.23. The third kappa shape index (κ3) is 2.92. The van der Waals surface area contributed by atoms with Crippen LogP contribution >= 0.6 is 11.6 Å². The molecule has 1 aromatic heterocycles. The fourth-order valence-electron chi connectivity index (χ4n) is 1.80. The van der Waals surface area contributed by atoms with Crippen LogP contribution < -0.4 is 0 Å². The summed E-state index contributed by atoms with van der Waals surface area (Å²) in [7, 11) is 0. The van der Waals surface area contributed by atoms with Crippen LogP contribution in [-0.4, -0.2) is 14.8 Å². The highest BCUT2D eigenvalue weighted by atomic mass is 35.5. The molecule has 0 aliphatic rings. The number of nitrogens with zero attached hydrogens (tertiary/aromatic N) is 3. The van der Waals surface area contributed by atoms with E-state index in [1.54, 1.807) is 4.57 Å². The molecule has 0 spiro atoms. The van der Waals surface area contributed by atoms with E-state index in [-0.39, 0.29) is 10.7 Å². The Balaban J connectivity index is 2.38. The maximum Gasteiger partial charge on any atom is 0.225 e. The maximum absolute atomic E-state index is 13.2. The lowest BCUT2D eigenvalue weighted by molar-refractivity contribution is 0.499. The Morgan fingerprint density at radius 2 is 1.84 bits per heavy atom. The van der Waals surface area contributed by atoms with Crippen LogP contribution in [0.25, 0.3) is 0 Å². The van der Waals surface area contributed by atoms with E-state index in [9.17, 15) is 8.78 Å². The number of aromatic nitrogens is 3. The molecule has 2 rings (SSSR count). The van der Waals surface area contributed by atoms with Crippen molar-refractivity contribution in [3.8, 4) is 0 Å². The Labute approximate surface area is 115 Å². The molecule has 0 saturated carbocycles. The molecule has 0 unspecified atom stereocenters. The summed E-state index contributed by atoms with van der Waals surface area (Å²) < 4.78 is 27.8. The molecule has 0 atom stereocenters. The third-order valence-corrected chi connectivity index (χ3v) is 2.98. The van der Waals surface area contributed by atoms with Gasteiger partial charge in [0.1, 0.15) is 5.82 Å². The van der Waals surface area contributed by atoms with Crippen LogP contribution in [0.3, 0.4) is 0 Å². The Morgan fingerprint density at radius 1 is 1.16 bits per heavy atom. The van der Waals surface area contributed by atoms with Crippen molar-refractivity contribution in [3.63, 3.8) is 0 Å². The first-order valence-electron chi connectivity index (χ1n) is 5.82. The predicted octanol–water partition coefficient (Wildman–Crippen LogP) is 3.56. The van der Waals surface area contributed by atoms with Gasteiger partial charge in [0, 0.05) is 5.41 Å². The van der Waals surface area contributed by atoms with E-state index < -0.39 is 11.6 Å². The summed E-state index contributed by atoms with van der Waals surface area (Å²) >= 11 is 5.99. The van der Waals surface area contributed by atoms with Crippen molar-refractivity contribution in [1.29, 1.82) is 0 Å². The summed E-state index contributed by atoms with van der Waals surface area (Å²) in [5, 5.41) is 8.10. The molecule has 0 saturated heterocycles. The second-order valence-electron chi connectivity index (χ2n) is 5.38. The number of hydrogen-bond acceptors (Lipinski definition) is 2. The van der Waals surface area contributed by atoms with Crippen molar-refractivity contribution in [3.05, 3.63) is 46.5 Å². The highest BCUT2D eigenvalue weighted by molar-refractivity contribution is 6.28. The molecule has 0 bridgehead atoms. The van der Waals surface area contributed by atoms with E-state index in [0.717, 1.165) is 12.1 Å². The Bertz CT molecular complexity index is 602. The predicted molar refractivity (Wildman–Crippen MR) is 69.2 cm³/mol. The number of halogens is 3. The Morgan fingerprint density at radius 3 is 2.42 bits per heavy atom. The van der Waals surface area contributed by atoms with Crippen LogP contribution in [0.4, 0.5) is 8.78 Å². The fourth-order valence-corrected chi connectivity index (χ4v) is 1.98. The van der Waals surface area contributed by atoms with Gasteiger partial charge in [-0.05, 0) is 29.3 Å². The lowest BCUT2D eigenvalue weighted by Gasteiger charge is -2.19. The minimum Gasteiger partial charge on any atom is -0.297 e. The molecule has 0 fully saturated rings. The Kier molecular flexibility index (Phi) is 3.58. The van der Waals surface area contributed by atoms with Crippen LogP contribution in [0.2, 0.25) is 5.28 Å². The molecule has 0 aliphatic heterocycles. The van der Waals surface area contributed by atoms with Crippen LogP contribution in [-0.2, 0) is 12.0 Å². The van der Waals surface area contributed by atoms with E-state index in [2.05, 4.69) is 10.2 Å². The van der Waals surface area contributed by atoms with Gasteiger partial charge in [-0.25, -0.2) is 8.78 Å². The van der Waals surface area contributed by atoms with Gasteiger partial charge in [0.15, 0.2) is 11.6 Å². The van der Waals surface area contributed by atoms with Gasteiger partial charge >= 0.3 is 0 Å². The zero-order valence-electron chi connectivity index (χ0n) is 10.9. The molecule has 19 heavy (non-hydrogen) atoms. The second kappa shape index (κ2) is 4.89. The van der Waals surface area contributed by atoms with Crippen LogP contribution in [0, 0.1) is 11.6 Å². The van der Waals surface area contributed by atoms with Crippen molar-refractivity contribution in [1.82, 2.24) is 14.8 Å². The van der Waals surface area contributed by atoms with Gasteiger partial charge in [0.25, 0.3) is 0 Å². The van der Waals surface area contributed by atoms with E-state index in [1.807, 2.05) is 20.8 Å². The van der Waals surface area contributed by atoms with Gasteiger partial charge in [-0.3, -0.25) is 4.57 Å². The first-order chi connectivity index (χ1) is 8.79. The summed E-state index contributed by atoms with van der Waals surface area (Å²) in [5.41, 5.74) is 0.365. The molecule has 1 aromatic carbocycles. The SMILES string of the molecule is CC(C)(C)c1nnc(Cl)n1Cc1ccc(F)c(F)c1. The molecule has 0 amide bonds. The van der Waals surface area contributed by atoms with Gasteiger partial charge < -0.3 is 0 Å². The second-order valence-corrected chi connectivity index (χ2v) is 5.72.